The normalized spacial score (nSPS) is 36.3. The van der Waals surface area contributed by atoms with E-state index in [-0.39, 0.29) is 12.2 Å². The van der Waals surface area contributed by atoms with E-state index in [1.54, 1.807) is 0 Å². The lowest BCUT2D eigenvalue weighted by molar-refractivity contribution is -0.229. The topological polar surface area (TPSA) is 269 Å². The molecule has 2 aliphatic heterocycles. The van der Waals surface area contributed by atoms with Crippen LogP contribution in [0.3, 0.4) is 0 Å². The van der Waals surface area contributed by atoms with Crippen molar-refractivity contribution in [3.63, 3.8) is 0 Å². The van der Waals surface area contributed by atoms with E-state index in [2.05, 4.69) is 22.5 Å². The van der Waals surface area contributed by atoms with Crippen molar-refractivity contribution >= 4 is 26.5 Å². The second-order valence-electron chi connectivity index (χ2n) is 8.19. The Balaban J connectivity index is 1.62. The Kier molecular flexibility index (Phi) is 9.86. The van der Waals surface area contributed by atoms with E-state index >= 15 is 0 Å². The Hall–Kier alpha value is -1.22. The van der Waals surface area contributed by atoms with E-state index in [1.165, 1.54) is 12.3 Å². The monoisotopic (exact) mass is 560 g/mol. The molecule has 0 bridgehead atoms. The van der Waals surface area contributed by atoms with Crippen LogP contribution in [-0.2, 0) is 23.1 Å². The number of phosphoric ester groups is 1. The zero-order valence-corrected chi connectivity index (χ0v) is 20.3. The molecular formula is C17H29N4O13PS. The third kappa shape index (κ3) is 6.61. The molecular weight excluding hydrogens is 531 g/mol. The van der Waals surface area contributed by atoms with Gasteiger partial charge in [0.05, 0.1) is 25.4 Å². The molecule has 19 heteroatoms. The molecule has 11 atom stereocenters. The molecule has 1 aromatic heterocycles. The number of aliphatic hydroxyl groups excluding tert-OH is 6. The SMILES string of the molecule is Nc1ccn(C2OC(COP(=O)(O)OC3CC(O)C(NS)C(C(O)C(O)CO)O3)C(O)C2O)c(=O)n1. The van der Waals surface area contributed by atoms with Crippen molar-refractivity contribution in [3.05, 3.63) is 22.7 Å². The van der Waals surface area contributed by atoms with Crippen LogP contribution in [0.25, 0.3) is 0 Å². The highest BCUT2D eigenvalue weighted by molar-refractivity contribution is 7.78. The standard InChI is InChI=1S/C17H29N4O13PS/c18-9-1-2-21(17(28)19-9)16-14(27)13(26)8(32-16)5-31-35(29,30)34-10-3-6(23)11(20-36)15(33-10)12(25)7(24)4-22/h1-2,6-8,10-16,20,22-27,36H,3-5H2,(H,29,30)(H2,18,19,28). The number of aromatic nitrogens is 2. The van der Waals surface area contributed by atoms with Crippen LogP contribution in [0.2, 0.25) is 0 Å². The minimum atomic E-state index is -4.95. The van der Waals surface area contributed by atoms with E-state index in [1.807, 2.05) is 0 Å². The fraction of sp³-hybridized carbons (Fsp3) is 0.765. The largest absolute Gasteiger partial charge is 0.474 e. The first-order valence-electron chi connectivity index (χ1n) is 10.6. The van der Waals surface area contributed by atoms with Crippen LogP contribution in [0, 0.1) is 0 Å². The maximum atomic E-state index is 12.5. The molecule has 0 saturated carbocycles. The van der Waals surface area contributed by atoms with Crippen LogP contribution in [0.5, 0.6) is 0 Å². The zero-order valence-electron chi connectivity index (χ0n) is 18.5. The number of phosphoric acid groups is 1. The van der Waals surface area contributed by atoms with Gasteiger partial charge >= 0.3 is 13.5 Å². The lowest BCUT2D eigenvalue weighted by Gasteiger charge is -2.41. The van der Waals surface area contributed by atoms with Crippen LogP contribution in [0.15, 0.2) is 17.1 Å². The van der Waals surface area contributed by atoms with E-state index in [9.17, 15) is 39.8 Å². The van der Waals surface area contributed by atoms with Gasteiger partial charge in [0.2, 0.25) is 0 Å². The maximum Gasteiger partial charge on any atom is 0.474 e. The predicted octanol–water partition coefficient (Wildman–Crippen LogP) is -4.43. The predicted molar refractivity (Wildman–Crippen MR) is 120 cm³/mol. The Morgan fingerprint density at radius 3 is 2.61 bits per heavy atom. The highest BCUT2D eigenvalue weighted by Gasteiger charge is 2.47. The van der Waals surface area contributed by atoms with E-state index in [0.29, 0.717) is 0 Å². The summed E-state index contributed by atoms with van der Waals surface area (Å²) in [4.78, 5) is 25.6. The smallest absolute Gasteiger partial charge is 0.394 e. The van der Waals surface area contributed by atoms with Crippen LogP contribution >= 0.6 is 20.6 Å². The number of anilines is 1. The summed E-state index contributed by atoms with van der Waals surface area (Å²) in [5.41, 5.74) is 4.55. The van der Waals surface area contributed by atoms with Crippen molar-refractivity contribution in [1.82, 2.24) is 14.3 Å². The van der Waals surface area contributed by atoms with Crippen molar-refractivity contribution < 1.29 is 58.6 Å². The average molecular weight is 560 g/mol. The number of nitrogens with one attached hydrogen (secondary N) is 1. The molecule has 10 N–H and O–H groups in total. The molecule has 206 valence electrons. The van der Waals surface area contributed by atoms with Gasteiger partial charge in [0.15, 0.2) is 12.5 Å². The van der Waals surface area contributed by atoms with Crippen LogP contribution in [0.4, 0.5) is 5.82 Å². The van der Waals surface area contributed by atoms with Gasteiger partial charge < -0.3 is 50.7 Å². The summed E-state index contributed by atoms with van der Waals surface area (Å²) in [6.45, 7) is -1.61. The molecule has 17 nitrogen and oxygen atoms in total. The molecule has 36 heavy (non-hydrogen) atoms. The van der Waals surface area contributed by atoms with E-state index in [0.717, 1.165) is 4.57 Å². The van der Waals surface area contributed by atoms with Crippen LogP contribution in [0.1, 0.15) is 12.6 Å². The zero-order chi connectivity index (χ0) is 26.8. The minimum absolute atomic E-state index is 0.0744. The summed E-state index contributed by atoms with van der Waals surface area (Å²) in [5.74, 6) is -0.0744. The fourth-order valence-corrected chi connectivity index (χ4v) is 4.94. The van der Waals surface area contributed by atoms with Gasteiger partial charge in [-0.1, -0.05) is 12.8 Å². The number of ether oxygens (including phenoxy) is 2. The van der Waals surface area contributed by atoms with Crippen molar-refractivity contribution in [3.8, 4) is 0 Å². The first-order valence-corrected chi connectivity index (χ1v) is 12.5. The summed E-state index contributed by atoms with van der Waals surface area (Å²) in [5, 5.41) is 59.8. The summed E-state index contributed by atoms with van der Waals surface area (Å²) in [6.07, 6.45) is -12.9. The molecule has 3 rings (SSSR count). The molecule has 0 spiro atoms. The average Bonchev–Trinajstić information content (AvgIpc) is 3.09. The van der Waals surface area contributed by atoms with Gasteiger partial charge in [-0.3, -0.25) is 18.3 Å². The van der Waals surface area contributed by atoms with Crippen molar-refractivity contribution in [2.24, 2.45) is 0 Å². The molecule has 0 amide bonds. The second-order valence-corrected chi connectivity index (χ2v) is 9.85. The van der Waals surface area contributed by atoms with Crippen molar-refractivity contribution in [1.29, 1.82) is 0 Å². The summed E-state index contributed by atoms with van der Waals surface area (Å²) < 4.78 is 36.3. The molecule has 3 heterocycles. The summed E-state index contributed by atoms with van der Waals surface area (Å²) in [7, 11) is -4.95. The Labute approximate surface area is 209 Å². The Morgan fingerprint density at radius 2 is 2.00 bits per heavy atom. The number of nitrogens with zero attached hydrogens (tertiary/aromatic N) is 2. The van der Waals surface area contributed by atoms with Gasteiger partial charge in [-0.05, 0) is 6.07 Å². The first-order chi connectivity index (χ1) is 16.9. The summed E-state index contributed by atoms with van der Waals surface area (Å²) in [6, 6.07) is 0.217. The van der Waals surface area contributed by atoms with Crippen LogP contribution < -0.4 is 16.1 Å². The molecule has 2 saturated heterocycles. The number of hydrogen-bond acceptors (Lipinski definition) is 16. The van der Waals surface area contributed by atoms with Crippen LogP contribution in [-0.4, -0.2) is 113 Å². The van der Waals surface area contributed by atoms with Gasteiger partial charge in [-0.25, -0.2) is 9.36 Å². The number of nitrogens with two attached hydrogens (primary N) is 1. The molecule has 1 aromatic rings. The first kappa shape index (κ1) is 29.3. The van der Waals surface area contributed by atoms with Crippen molar-refractivity contribution in [2.75, 3.05) is 18.9 Å². The molecule has 11 unspecified atom stereocenters. The van der Waals surface area contributed by atoms with Gasteiger partial charge in [0.25, 0.3) is 0 Å². The Morgan fingerprint density at radius 1 is 1.31 bits per heavy atom. The van der Waals surface area contributed by atoms with Gasteiger partial charge in [0, 0.05) is 12.6 Å². The number of aliphatic hydroxyl groups is 6. The minimum Gasteiger partial charge on any atom is -0.394 e. The Bertz CT molecular complexity index is 990. The highest BCUT2D eigenvalue weighted by atomic mass is 32.1. The molecule has 2 fully saturated rings. The van der Waals surface area contributed by atoms with E-state index in [4.69, 9.17) is 29.4 Å². The quantitative estimate of drug-likeness (QED) is 0.0955. The number of thiol groups is 1. The molecule has 0 aromatic carbocycles. The lowest BCUT2D eigenvalue weighted by atomic mass is 9.93. The number of nitrogen functional groups attached to an aromatic ring is 1. The van der Waals surface area contributed by atoms with Gasteiger partial charge in [-0.2, -0.15) is 4.98 Å². The fourth-order valence-electron chi connectivity index (χ4n) is 3.79. The van der Waals surface area contributed by atoms with Crippen molar-refractivity contribution in [2.45, 2.75) is 67.7 Å². The summed E-state index contributed by atoms with van der Waals surface area (Å²) >= 11 is 3.83. The van der Waals surface area contributed by atoms with Gasteiger partial charge in [0.1, 0.15) is 42.4 Å². The molecule has 2 aliphatic rings. The van der Waals surface area contributed by atoms with E-state index < -0.39 is 88.0 Å². The molecule has 0 radical (unpaired) electrons. The van der Waals surface area contributed by atoms with Gasteiger partial charge in [-0.15, -0.1) is 0 Å². The maximum absolute atomic E-state index is 12.5. The third-order valence-corrected chi connectivity index (χ3v) is 6.97. The number of rotatable bonds is 10. The number of hydrogen-bond donors (Lipinski definition) is 10. The third-order valence-electron chi connectivity index (χ3n) is 5.69. The molecule has 0 aliphatic carbocycles. The lowest BCUT2D eigenvalue weighted by Crippen LogP contribution is -2.60. The second kappa shape index (κ2) is 12.1. The highest BCUT2D eigenvalue weighted by Crippen LogP contribution is 2.47.